The SMILES string of the molecule is CCOC(=O)Cc1c(F)[nH]ccc1=O. The van der Waals surface area contributed by atoms with Crippen LogP contribution in [0.25, 0.3) is 0 Å². The van der Waals surface area contributed by atoms with Crippen molar-refractivity contribution in [1.82, 2.24) is 4.98 Å². The number of carbonyl (C=O) groups excluding carboxylic acids is 1. The van der Waals surface area contributed by atoms with Crippen LogP contribution in [-0.2, 0) is 16.0 Å². The van der Waals surface area contributed by atoms with Crippen LogP contribution in [0.3, 0.4) is 0 Å². The first-order valence-electron chi connectivity index (χ1n) is 4.16. The van der Waals surface area contributed by atoms with Gasteiger partial charge in [-0.15, -0.1) is 0 Å². The van der Waals surface area contributed by atoms with Gasteiger partial charge in [0.25, 0.3) is 0 Å². The van der Waals surface area contributed by atoms with Crippen molar-refractivity contribution in [3.8, 4) is 0 Å². The Morgan fingerprint density at radius 2 is 2.36 bits per heavy atom. The number of hydrogen-bond donors (Lipinski definition) is 1. The molecule has 5 heteroatoms. The van der Waals surface area contributed by atoms with Gasteiger partial charge < -0.3 is 9.72 Å². The molecular formula is C9H10FNO3. The minimum absolute atomic E-state index is 0.189. The average Bonchev–Trinajstić information content (AvgIpc) is 2.12. The van der Waals surface area contributed by atoms with Gasteiger partial charge in [0.1, 0.15) is 0 Å². The third kappa shape index (κ3) is 2.42. The maximum absolute atomic E-state index is 13.0. The van der Waals surface area contributed by atoms with E-state index in [1.165, 1.54) is 6.20 Å². The second-order valence-corrected chi connectivity index (χ2v) is 2.62. The monoisotopic (exact) mass is 199 g/mol. The van der Waals surface area contributed by atoms with Crippen LogP contribution in [0.5, 0.6) is 0 Å². The van der Waals surface area contributed by atoms with Crippen LogP contribution >= 0.6 is 0 Å². The summed E-state index contributed by atoms with van der Waals surface area (Å²) >= 11 is 0. The van der Waals surface area contributed by atoms with E-state index in [9.17, 15) is 14.0 Å². The summed E-state index contributed by atoms with van der Waals surface area (Å²) in [6, 6.07) is 1.16. The van der Waals surface area contributed by atoms with Crippen molar-refractivity contribution in [3.05, 3.63) is 34.0 Å². The molecule has 0 amide bonds. The summed E-state index contributed by atoms with van der Waals surface area (Å²) in [5.41, 5.74) is -0.694. The Morgan fingerprint density at radius 1 is 1.64 bits per heavy atom. The first kappa shape index (κ1) is 10.4. The lowest BCUT2D eigenvalue weighted by Gasteiger charge is -2.01. The second-order valence-electron chi connectivity index (χ2n) is 2.62. The van der Waals surface area contributed by atoms with Gasteiger partial charge in [0.2, 0.25) is 0 Å². The van der Waals surface area contributed by atoms with Crippen LogP contribution in [0.4, 0.5) is 4.39 Å². The molecule has 0 saturated heterocycles. The quantitative estimate of drug-likeness (QED) is 0.573. The largest absolute Gasteiger partial charge is 0.466 e. The van der Waals surface area contributed by atoms with Crippen molar-refractivity contribution in [2.75, 3.05) is 6.61 Å². The summed E-state index contributed by atoms with van der Waals surface area (Å²) in [4.78, 5) is 24.3. The van der Waals surface area contributed by atoms with Crippen molar-refractivity contribution in [2.45, 2.75) is 13.3 Å². The molecule has 1 aromatic rings. The van der Waals surface area contributed by atoms with Gasteiger partial charge in [0.05, 0.1) is 18.6 Å². The van der Waals surface area contributed by atoms with E-state index in [0.29, 0.717) is 0 Å². The predicted octanol–water partition coefficient (Wildman–Crippen LogP) is 0.620. The van der Waals surface area contributed by atoms with Crippen molar-refractivity contribution in [1.29, 1.82) is 0 Å². The molecule has 0 radical (unpaired) electrons. The minimum Gasteiger partial charge on any atom is -0.466 e. The van der Waals surface area contributed by atoms with Crippen molar-refractivity contribution in [3.63, 3.8) is 0 Å². The van der Waals surface area contributed by atoms with Crippen LogP contribution in [0.15, 0.2) is 17.1 Å². The summed E-state index contributed by atoms with van der Waals surface area (Å²) < 4.78 is 17.6. The molecule has 0 aliphatic rings. The van der Waals surface area contributed by atoms with Gasteiger partial charge in [-0.1, -0.05) is 0 Å². The Labute approximate surface area is 79.7 Å². The van der Waals surface area contributed by atoms with E-state index in [1.807, 2.05) is 0 Å². The highest BCUT2D eigenvalue weighted by atomic mass is 19.1. The van der Waals surface area contributed by atoms with E-state index in [0.717, 1.165) is 6.07 Å². The van der Waals surface area contributed by atoms with Crippen LogP contribution in [0, 0.1) is 5.95 Å². The minimum atomic E-state index is -0.787. The van der Waals surface area contributed by atoms with E-state index in [4.69, 9.17) is 0 Å². The maximum Gasteiger partial charge on any atom is 0.310 e. The van der Waals surface area contributed by atoms with Crippen LogP contribution in [0.2, 0.25) is 0 Å². The third-order valence-electron chi connectivity index (χ3n) is 1.63. The molecule has 1 N–H and O–H groups in total. The molecule has 1 rings (SSSR count). The lowest BCUT2D eigenvalue weighted by Crippen LogP contribution is -2.17. The van der Waals surface area contributed by atoms with Gasteiger partial charge in [0, 0.05) is 12.3 Å². The van der Waals surface area contributed by atoms with E-state index >= 15 is 0 Å². The molecule has 76 valence electrons. The molecule has 0 saturated carbocycles. The third-order valence-corrected chi connectivity index (χ3v) is 1.63. The lowest BCUT2D eigenvalue weighted by molar-refractivity contribution is -0.142. The summed E-state index contributed by atoms with van der Waals surface area (Å²) in [7, 11) is 0. The Hall–Kier alpha value is -1.65. The first-order chi connectivity index (χ1) is 6.65. The molecule has 0 atom stereocenters. The van der Waals surface area contributed by atoms with E-state index < -0.39 is 17.3 Å². The predicted molar refractivity (Wildman–Crippen MR) is 47.4 cm³/mol. The number of aromatic amines is 1. The second kappa shape index (κ2) is 4.55. The molecule has 0 aromatic carbocycles. The molecule has 4 nitrogen and oxygen atoms in total. The van der Waals surface area contributed by atoms with Crippen LogP contribution in [0.1, 0.15) is 12.5 Å². The highest BCUT2D eigenvalue weighted by Gasteiger charge is 2.12. The molecule has 0 aliphatic carbocycles. The number of ether oxygens (including phenoxy) is 1. The van der Waals surface area contributed by atoms with E-state index in [1.54, 1.807) is 6.92 Å². The molecule has 0 spiro atoms. The van der Waals surface area contributed by atoms with Gasteiger partial charge in [-0.25, -0.2) is 0 Å². The molecular weight excluding hydrogens is 189 g/mol. The summed E-state index contributed by atoms with van der Waals surface area (Å²) in [5, 5.41) is 0. The van der Waals surface area contributed by atoms with E-state index in [2.05, 4.69) is 9.72 Å². The number of esters is 1. The van der Waals surface area contributed by atoms with E-state index in [-0.39, 0.29) is 18.6 Å². The van der Waals surface area contributed by atoms with Gasteiger partial charge in [0.15, 0.2) is 11.4 Å². The normalized spacial score (nSPS) is 9.86. The van der Waals surface area contributed by atoms with Crippen molar-refractivity contribution < 1.29 is 13.9 Å². The number of nitrogens with one attached hydrogen (secondary N) is 1. The van der Waals surface area contributed by atoms with Crippen LogP contribution < -0.4 is 5.43 Å². The summed E-state index contributed by atoms with van der Waals surface area (Å²) in [5.74, 6) is -1.39. The summed E-state index contributed by atoms with van der Waals surface area (Å²) in [6.07, 6.45) is 0.849. The Balaban J connectivity index is 2.86. The molecule has 1 heterocycles. The molecule has 0 unspecified atom stereocenters. The lowest BCUT2D eigenvalue weighted by atomic mass is 10.2. The fourth-order valence-electron chi connectivity index (χ4n) is 1.01. The molecule has 0 fully saturated rings. The zero-order chi connectivity index (χ0) is 10.6. The topological polar surface area (TPSA) is 59.2 Å². The number of carbonyl (C=O) groups is 1. The number of halogens is 1. The zero-order valence-electron chi connectivity index (χ0n) is 7.67. The Bertz CT molecular complexity index is 386. The fourth-order valence-corrected chi connectivity index (χ4v) is 1.01. The van der Waals surface area contributed by atoms with Crippen molar-refractivity contribution in [2.24, 2.45) is 0 Å². The number of aromatic nitrogens is 1. The molecule has 14 heavy (non-hydrogen) atoms. The zero-order valence-corrected chi connectivity index (χ0v) is 7.67. The Morgan fingerprint density at radius 3 is 2.93 bits per heavy atom. The number of hydrogen-bond acceptors (Lipinski definition) is 3. The number of H-pyrrole nitrogens is 1. The summed E-state index contributed by atoms with van der Waals surface area (Å²) in [6.45, 7) is 1.86. The fraction of sp³-hybridized carbons (Fsp3) is 0.333. The van der Waals surface area contributed by atoms with Gasteiger partial charge in [-0.3, -0.25) is 9.59 Å². The van der Waals surface area contributed by atoms with Gasteiger partial charge in [-0.2, -0.15) is 4.39 Å². The molecule has 0 bridgehead atoms. The highest BCUT2D eigenvalue weighted by Crippen LogP contribution is 1.99. The molecule has 1 aromatic heterocycles. The smallest absolute Gasteiger partial charge is 0.310 e. The average molecular weight is 199 g/mol. The Kier molecular flexibility index (Phi) is 3.39. The maximum atomic E-state index is 13.0. The first-order valence-corrected chi connectivity index (χ1v) is 4.16. The van der Waals surface area contributed by atoms with Gasteiger partial charge in [-0.05, 0) is 6.92 Å². The standard InChI is InChI=1S/C9H10FNO3/c1-2-14-8(13)5-6-7(12)3-4-11-9(6)10/h3-4H,2,5H2,1H3,(H,11,12). The highest BCUT2D eigenvalue weighted by molar-refractivity contribution is 5.72. The van der Waals surface area contributed by atoms with Gasteiger partial charge >= 0.3 is 5.97 Å². The number of pyridine rings is 1. The van der Waals surface area contributed by atoms with Crippen molar-refractivity contribution >= 4 is 5.97 Å². The van der Waals surface area contributed by atoms with Crippen LogP contribution in [-0.4, -0.2) is 17.6 Å². The number of rotatable bonds is 3. The molecule has 0 aliphatic heterocycles.